The van der Waals surface area contributed by atoms with Crippen molar-refractivity contribution in [3.63, 3.8) is 0 Å². The Morgan fingerprint density at radius 1 is 1.19 bits per heavy atom. The van der Waals surface area contributed by atoms with E-state index in [1.165, 1.54) is 0 Å². The first-order valence-corrected chi connectivity index (χ1v) is 9.62. The van der Waals surface area contributed by atoms with Gasteiger partial charge < -0.3 is 24.7 Å². The second-order valence-corrected chi connectivity index (χ2v) is 8.25. The van der Waals surface area contributed by atoms with E-state index < -0.39 is 6.10 Å². The third kappa shape index (κ3) is 6.11. The summed E-state index contributed by atoms with van der Waals surface area (Å²) in [5.74, 6) is 1.44. The summed E-state index contributed by atoms with van der Waals surface area (Å²) in [7, 11) is 3.28. The van der Waals surface area contributed by atoms with Crippen molar-refractivity contribution >= 4 is 6.21 Å². The van der Waals surface area contributed by atoms with E-state index in [9.17, 15) is 5.11 Å². The monoisotopic (exact) mass is 378 g/mol. The molecule has 27 heavy (non-hydrogen) atoms. The van der Waals surface area contributed by atoms with Crippen LogP contribution in [0.25, 0.3) is 0 Å². The zero-order chi connectivity index (χ0) is 19.9. The fourth-order valence-corrected chi connectivity index (χ4v) is 3.39. The molecule has 152 valence electrons. The maximum absolute atomic E-state index is 10.0. The Balaban J connectivity index is 2.01. The number of hydrogen-bond donors (Lipinski definition) is 2. The van der Waals surface area contributed by atoms with Crippen LogP contribution in [-0.2, 0) is 10.3 Å². The van der Waals surface area contributed by atoms with Crippen LogP contribution < -0.4 is 14.8 Å². The van der Waals surface area contributed by atoms with Gasteiger partial charge in [0, 0.05) is 17.5 Å². The molecule has 1 unspecified atom stereocenters. The van der Waals surface area contributed by atoms with Crippen molar-refractivity contribution in [3.8, 4) is 11.5 Å². The van der Waals surface area contributed by atoms with Crippen molar-refractivity contribution in [2.24, 2.45) is 5.16 Å². The van der Waals surface area contributed by atoms with E-state index >= 15 is 0 Å². The summed E-state index contributed by atoms with van der Waals surface area (Å²) in [4.78, 5) is 5.39. The van der Waals surface area contributed by atoms with E-state index in [2.05, 4.69) is 37.3 Å². The average Bonchev–Trinajstić information content (AvgIpc) is 3.12. The zero-order valence-electron chi connectivity index (χ0n) is 17.2. The SMILES string of the molecule is COc1ccc(C2(/C=N\OCC(O)CNC(C)(C)C)CCCC2)cc1OC. The molecule has 1 aromatic carbocycles. The molecular weight excluding hydrogens is 344 g/mol. The summed E-state index contributed by atoms with van der Waals surface area (Å²) in [6.07, 6.45) is 5.64. The molecule has 0 bridgehead atoms. The summed E-state index contributed by atoms with van der Waals surface area (Å²) >= 11 is 0. The molecule has 0 aromatic heterocycles. The maximum atomic E-state index is 10.0. The van der Waals surface area contributed by atoms with Gasteiger partial charge in [-0.2, -0.15) is 0 Å². The van der Waals surface area contributed by atoms with Crippen LogP contribution in [0.15, 0.2) is 23.4 Å². The number of aliphatic hydroxyl groups excluding tert-OH is 1. The molecule has 1 atom stereocenters. The molecule has 6 nitrogen and oxygen atoms in total. The number of nitrogens with zero attached hydrogens (tertiary/aromatic N) is 1. The van der Waals surface area contributed by atoms with Crippen LogP contribution in [0.2, 0.25) is 0 Å². The highest BCUT2D eigenvalue weighted by Crippen LogP contribution is 2.42. The van der Waals surface area contributed by atoms with Gasteiger partial charge >= 0.3 is 0 Å². The van der Waals surface area contributed by atoms with Crippen LogP contribution >= 0.6 is 0 Å². The molecule has 1 fully saturated rings. The lowest BCUT2D eigenvalue weighted by Gasteiger charge is -2.25. The van der Waals surface area contributed by atoms with E-state index in [1.807, 2.05) is 18.3 Å². The lowest BCUT2D eigenvalue weighted by Crippen LogP contribution is -2.42. The lowest BCUT2D eigenvalue weighted by atomic mass is 9.80. The van der Waals surface area contributed by atoms with Crippen LogP contribution in [0.5, 0.6) is 11.5 Å². The third-order valence-corrected chi connectivity index (χ3v) is 4.96. The minimum absolute atomic E-state index is 0.0361. The molecule has 0 aliphatic heterocycles. The van der Waals surface area contributed by atoms with E-state index in [1.54, 1.807) is 14.2 Å². The third-order valence-electron chi connectivity index (χ3n) is 4.96. The van der Waals surface area contributed by atoms with E-state index in [4.69, 9.17) is 14.3 Å². The van der Waals surface area contributed by atoms with Crippen molar-refractivity contribution in [1.82, 2.24) is 5.32 Å². The molecule has 1 aliphatic rings. The van der Waals surface area contributed by atoms with E-state index in [-0.39, 0.29) is 17.6 Å². The number of methoxy groups -OCH3 is 2. The van der Waals surface area contributed by atoms with Crippen molar-refractivity contribution in [3.05, 3.63) is 23.8 Å². The molecule has 2 N–H and O–H groups in total. The van der Waals surface area contributed by atoms with Gasteiger partial charge in [0.1, 0.15) is 12.7 Å². The van der Waals surface area contributed by atoms with Crippen LogP contribution in [0.1, 0.15) is 52.0 Å². The lowest BCUT2D eigenvalue weighted by molar-refractivity contribution is 0.0372. The van der Waals surface area contributed by atoms with E-state index in [0.717, 1.165) is 42.7 Å². The fraction of sp³-hybridized carbons (Fsp3) is 0.667. The van der Waals surface area contributed by atoms with Gasteiger partial charge in [0.15, 0.2) is 11.5 Å². The van der Waals surface area contributed by atoms with Gasteiger partial charge in [-0.1, -0.05) is 24.1 Å². The van der Waals surface area contributed by atoms with Crippen molar-refractivity contribution in [2.75, 3.05) is 27.4 Å². The predicted molar refractivity (Wildman–Crippen MR) is 108 cm³/mol. The second-order valence-electron chi connectivity index (χ2n) is 8.25. The summed E-state index contributed by atoms with van der Waals surface area (Å²) < 4.78 is 10.8. The topological polar surface area (TPSA) is 72.3 Å². The average molecular weight is 379 g/mol. The van der Waals surface area contributed by atoms with Crippen molar-refractivity contribution in [2.45, 2.75) is 63.5 Å². The van der Waals surface area contributed by atoms with Gasteiger partial charge in [-0.15, -0.1) is 0 Å². The van der Waals surface area contributed by atoms with Crippen LogP contribution in [-0.4, -0.2) is 50.3 Å². The van der Waals surface area contributed by atoms with Gasteiger partial charge in [0.2, 0.25) is 0 Å². The number of rotatable bonds is 9. The Morgan fingerprint density at radius 3 is 2.44 bits per heavy atom. The first kappa shape index (κ1) is 21.5. The molecule has 0 spiro atoms. The molecule has 0 heterocycles. The van der Waals surface area contributed by atoms with Gasteiger partial charge in [-0.3, -0.25) is 0 Å². The Bertz CT molecular complexity index is 619. The Hall–Kier alpha value is -1.79. The minimum Gasteiger partial charge on any atom is -0.493 e. The molecule has 6 heteroatoms. The highest BCUT2D eigenvalue weighted by molar-refractivity contribution is 5.74. The molecule has 0 saturated heterocycles. The second kappa shape index (κ2) is 9.42. The molecule has 1 aromatic rings. The Morgan fingerprint density at radius 2 is 1.85 bits per heavy atom. The summed E-state index contributed by atoms with van der Waals surface area (Å²) in [5, 5.41) is 17.5. The Labute approximate surface area is 162 Å². The quantitative estimate of drug-likeness (QED) is 0.510. The number of β-amino-alcohol motifs (C(OH)–C–C–N with tert-alkyl or cyclic N) is 1. The zero-order valence-corrected chi connectivity index (χ0v) is 17.2. The number of benzene rings is 1. The Kier molecular flexibility index (Phi) is 7.50. The molecule has 0 radical (unpaired) electrons. The van der Waals surface area contributed by atoms with Crippen LogP contribution in [0.4, 0.5) is 0 Å². The normalized spacial score (nSPS) is 17.9. The number of aliphatic hydroxyl groups is 1. The van der Waals surface area contributed by atoms with Crippen LogP contribution in [0, 0.1) is 0 Å². The summed E-state index contributed by atoms with van der Waals surface area (Å²) in [6.45, 7) is 6.82. The number of oxime groups is 1. The van der Waals surface area contributed by atoms with Gasteiger partial charge in [0.25, 0.3) is 0 Å². The van der Waals surface area contributed by atoms with Crippen LogP contribution in [0.3, 0.4) is 0 Å². The first-order valence-electron chi connectivity index (χ1n) is 9.62. The first-order chi connectivity index (χ1) is 12.8. The largest absolute Gasteiger partial charge is 0.493 e. The molecule has 2 rings (SSSR count). The molecule has 1 aliphatic carbocycles. The maximum Gasteiger partial charge on any atom is 0.161 e. The number of nitrogens with one attached hydrogen (secondary N) is 1. The van der Waals surface area contributed by atoms with Crippen molar-refractivity contribution in [1.29, 1.82) is 0 Å². The highest BCUT2D eigenvalue weighted by Gasteiger charge is 2.35. The molecule has 0 amide bonds. The molecular formula is C21H34N2O4. The number of hydrogen-bond acceptors (Lipinski definition) is 6. The van der Waals surface area contributed by atoms with E-state index in [0.29, 0.717) is 6.54 Å². The van der Waals surface area contributed by atoms with Gasteiger partial charge in [-0.05, 0) is 51.3 Å². The predicted octanol–water partition coefficient (Wildman–Crippen LogP) is 3.27. The molecule has 1 saturated carbocycles. The van der Waals surface area contributed by atoms with Crippen molar-refractivity contribution < 1.29 is 19.4 Å². The van der Waals surface area contributed by atoms with Gasteiger partial charge in [0.05, 0.1) is 20.4 Å². The smallest absolute Gasteiger partial charge is 0.161 e. The summed E-state index contributed by atoms with van der Waals surface area (Å²) in [6, 6.07) is 6.03. The summed E-state index contributed by atoms with van der Waals surface area (Å²) in [5.41, 5.74) is 0.958. The standard InChI is InChI=1S/C21H34N2O4/c1-20(2,3)22-13-17(24)14-27-23-15-21(10-6-7-11-21)16-8-9-18(25-4)19(12-16)26-5/h8-9,12,15,17,22,24H,6-7,10-11,13-14H2,1-5H3/b23-15-. The fourth-order valence-electron chi connectivity index (χ4n) is 3.39. The highest BCUT2D eigenvalue weighted by atomic mass is 16.6. The number of ether oxygens (including phenoxy) is 2. The van der Waals surface area contributed by atoms with Gasteiger partial charge in [-0.25, -0.2) is 0 Å². The minimum atomic E-state index is -0.595.